The molecule has 3 N–H and O–H groups in total. The molecule has 2 fully saturated rings. The Kier molecular flexibility index (Phi) is 4.65. The number of nitrogens with one attached hydrogen (secondary N) is 1. The summed E-state index contributed by atoms with van der Waals surface area (Å²) < 4.78 is 0. The SMILES string of the molecule is NC(=O)c1cncc(NC(=O)C(=O)N2C[C@H]3CC[C@H](C3)[C@H]2c2cccs2)c1. The number of carbonyl (C=O) groups excluding carboxylic acids is 3. The maximum atomic E-state index is 13.0. The maximum absolute atomic E-state index is 13.0. The molecule has 1 saturated heterocycles. The number of carbonyl (C=O) groups is 3. The van der Waals surface area contributed by atoms with Crippen molar-refractivity contribution in [2.45, 2.75) is 25.3 Å². The number of rotatable bonds is 3. The zero-order valence-corrected chi connectivity index (χ0v) is 15.4. The number of aromatic nitrogens is 1. The number of hydrogen-bond donors (Lipinski definition) is 2. The van der Waals surface area contributed by atoms with E-state index in [9.17, 15) is 14.4 Å². The summed E-state index contributed by atoms with van der Waals surface area (Å²) in [5.74, 6) is -1.05. The molecule has 4 rings (SSSR count). The molecule has 3 atom stereocenters. The molecule has 0 unspecified atom stereocenters. The summed E-state index contributed by atoms with van der Waals surface area (Å²) in [7, 11) is 0. The van der Waals surface area contributed by atoms with Gasteiger partial charge in [0.1, 0.15) is 0 Å². The van der Waals surface area contributed by atoms with Crippen LogP contribution in [0.2, 0.25) is 0 Å². The van der Waals surface area contributed by atoms with Gasteiger partial charge in [0.15, 0.2) is 0 Å². The summed E-state index contributed by atoms with van der Waals surface area (Å²) in [5.41, 5.74) is 5.68. The Morgan fingerprint density at radius 1 is 1.26 bits per heavy atom. The van der Waals surface area contributed by atoms with Crippen molar-refractivity contribution in [1.82, 2.24) is 9.88 Å². The second-order valence-corrected chi connectivity index (χ2v) is 8.12. The lowest BCUT2D eigenvalue weighted by molar-refractivity contribution is -0.147. The van der Waals surface area contributed by atoms with Crippen LogP contribution in [0.3, 0.4) is 0 Å². The van der Waals surface area contributed by atoms with Crippen LogP contribution in [0.25, 0.3) is 0 Å². The van der Waals surface area contributed by atoms with E-state index >= 15 is 0 Å². The minimum absolute atomic E-state index is 0.0444. The van der Waals surface area contributed by atoms with Gasteiger partial charge >= 0.3 is 11.8 Å². The monoisotopic (exact) mass is 384 g/mol. The number of nitrogens with zero attached hydrogens (tertiary/aromatic N) is 2. The topological polar surface area (TPSA) is 105 Å². The fourth-order valence-electron chi connectivity index (χ4n) is 4.23. The zero-order valence-electron chi connectivity index (χ0n) is 14.6. The fourth-order valence-corrected chi connectivity index (χ4v) is 5.16. The van der Waals surface area contributed by atoms with Crippen LogP contribution in [0.15, 0.2) is 36.0 Å². The number of nitrogens with two attached hydrogens (primary N) is 1. The molecule has 2 aromatic rings. The fraction of sp³-hybridized carbons (Fsp3) is 0.368. The second-order valence-electron chi connectivity index (χ2n) is 7.14. The van der Waals surface area contributed by atoms with E-state index in [1.165, 1.54) is 18.5 Å². The van der Waals surface area contributed by atoms with Gasteiger partial charge in [-0.25, -0.2) is 0 Å². The van der Waals surface area contributed by atoms with E-state index in [1.807, 2.05) is 17.5 Å². The highest BCUT2D eigenvalue weighted by atomic mass is 32.1. The lowest BCUT2D eigenvalue weighted by Gasteiger charge is -2.39. The van der Waals surface area contributed by atoms with E-state index in [1.54, 1.807) is 16.2 Å². The minimum atomic E-state index is -0.721. The summed E-state index contributed by atoms with van der Waals surface area (Å²) in [6, 6.07) is 5.38. The van der Waals surface area contributed by atoms with Crippen LogP contribution in [0.4, 0.5) is 5.69 Å². The van der Waals surface area contributed by atoms with Gasteiger partial charge in [0.25, 0.3) is 0 Å². The number of fused-ring (bicyclic) bond motifs is 2. The molecular formula is C19H20N4O3S. The Hall–Kier alpha value is -2.74. The van der Waals surface area contributed by atoms with Gasteiger partial charge in [-0.15, -0.1) is 11.3 Å². The van der Waals surface area contributed by atoms with Gasteiger partial charge < -0.3 is 16.0 Å². The molecule has 3 heterocycles. The summed E-state index contributed by atoms with van der Waals surface area (Å²) >= 11 is 1.62. The van der Waals surface area contributed by atoms with E-state index < -0.39 is 17.7 Å². The molecular weight excluding hydrogens is 364 g/mol. The summed E-state index contributed by atoms with van der Waals surface area (Å²) in [6.45, 7) is 0.602. The first-order valence-electron chi connectivity index (χ1n) is 8.93. The molecule has 1 aliphatic carbocycles. The van der Waals surface area contributed by atoms with Gasteiger partial charge in [-0.05, 0) is 48.6 Å². The quantitative estimate of drug-likeness (QED) is 0.791. The molecule has 0 spiro atoms. The summed E-state index contributed by atoms with van der Waals surface area (Å²) in [6.07, 6.45) is 5.99. The maximum Gasteiger partial charge on any atom is 0.313 e. The highest BCUT2D eigenvalue weighted by molar-refractivity contribution is 7.10. The predicted octanol–water partition coefficient (Wildman–Crippen LogP) is 2.18. The third kappa shape index (κ3) is 3.44. The van der Waals surface area contributed by atoms with E-state index in [4.69, 9.17) is 5.73 Å². The molecule has 0 aromatic carbocycles. The minimum Gasteiger partial charge on any atom is -0.366 e. The molecule has 2 aliphatic rings. The average molecular weight is 384 g/mol. The van der Waals surface area contributed by atoms with Crippen molar-refractivity contribution in [1.29, 1.82) is 0 Å². The Morgan fingerprint density at radius 2 is 2.11 bits per heavy atom. The first-order chi connectivity index (χ1) is 13.0. The molecule has 3 amide bonds. The Labute approximate surface area is 160 Å². The van der Waals surface area contributed by atoms with E-state index in [0.29, 0.717) is 18.4 Å². The summed E-state index contributed by atoms with van der Waals surface area (Å²) in [4.78, 5) is 43.5. The summed E-state index contributed by atoms with van der Waals surface area (Å²) in [5, 5.41) is 4.55. The first-order valence-corrected chi connectivity index (χ1v) is 9.81. The molecule has 140 valence electrons. The number of hydrogen-bond acceptors (Lipinski definition) is 5. The molecule has 2 aromatic heterocycles. The van der Waals surface area contributed by atoms with Crippen molar-refractivity contribution < 1.29 is 14.4 Å². The molecule has 1 saturated carbocycles. The standard InChI is InChI=1S/C19H20N4O3S/c20-17(24)13-7-14(9-21-8-13)22-18(25)19(26)23-10-11-3-4-12(6-11)16(23)15-2-1-5-27-15/h1-2,5,7-9,11-12,16H,3-4,6,10H2,(H2,20,24)(H,22,25)/t11-,12+,16-/m0/s1. The van der Waals surface area contributed by atoms with E-state index in [-0.39, 0.29) is 17.3 Å². The van der Waals surface area contributed by atoms with Crippen LogP contribution >= 0.6 is 11.3 Å². The highest BCUT2D eigenvalue weighted by Crippen LogP contribution is 2.48. The molecule has 2 bridgehead atoms. The number of piperidine rings is 1. The van der Waals surface area contributed by atoms with Crippen molar-refractivity contribution >= 4 is 34.7 Å². The van der Waals surface area contributed by atoms with Crippen molar-refractivity contribution in [3.8, 4) is 0 Å². The normalized spacial score (nSPS) is 23.9. The van der Waals surface area contributed by atoms with Crippen molar-refractivity contribution in [3.63, 3.8) is 0 Å². The predicted molar refractivity (Wildman–Crippen MR) is 101 cm³/mol. The number of anilines is 1. The number of primary amides is 1. The van der Waals surface area contributed by atoms with E-state index in [0.717, 1.165) is 24.1 Å². The molecule has 27 heavy (non-hydrogen) atoms. The molecule has 7 nitrogen and oxygen atoms in total. The smallest absolute Gasteiger partial charge is 0.313 e. The number of amides is 3. The number of pyridine rings is 1. The van der Waals surface area contributed by atoms with Crippen LogP contribution in [0.5, 0.6) is 0 Å². The van der Waals surface area contributed by atoms with Gasteiger partial charge in [-0.1, -0.05) is 6.07 Å². The third-order valence-electron chi connectivity index (χ3n) is 5.39. The Morgan fingerprint density at radius 3 is 2.85 bits per heavy atom. The van der Waals surface area contributed by atoms with Crippen LogP contribution < -0.4 is 11.1 Å². The third-order valence-corrected chi connectivity index (χ3v) is 6.33. The van der Waals surface area contributed by atoms with Gasteiger partial charge in [-0.3, -0.25) is 19.4 Å². The first kappa shape index (κ1) is 17.7. The van der Waals surface area contributed by atoms with Gasteiger partial charge in [0, 0.05) is 17.6 Å². The molecule has 1 aliphatic heterocycles. The van der Waals surface area contributed by atoms with Gasteiger partial charge in [0.2, 0.25) is 5.91 Å². The van der Waals surface area contributed by atoms with Crippen LogP contribution in [-0.4, -0.2) is 34.2 Å². The lowest BCUT2D eigenvalue weighted by atomic mass is 9.89. The van der Waals surface area contributed by atoms with Crippen molar-refractivity contribution in [2.75, 3.05) is 11.9 Å². The number of likely N-dealkylation sites (tertiary alicyclic amines) is 1. The number of thiophene rings is 1. The molecule has 0 radical (unpaired) electrons. The Balaban J connectivity index is 1.54. The van der Waals surface area contributed by atoms with Crippen molar-refractivity contribution in [2.24, 2.45) is 17.6 Å². The highest BCUT2D eigenvalue weighted by Gasteiger charge is 2.44. The van der Waals surface area contributed by atoms with Crippen LogP contribution in [0, 0.1) is 11.8 Å². The van der Waals surface area contributed by atoms with Crippen molar-refractivity contribution in [3.05, 3.63) is 46.4 Å². The van der Waals surface area contributed by atoms with Gasteiger partial charge in [-0.2, -0.15) is 0 Å². The zero-order chi connectivity index (χ0) is 19.0. The Bertz CT molecular complexity index is 883. The van der Waals surface area contributed by atoms with Crippen LogP contribution in [-0.2, 0) is 9.59 Å². The van der Waals surface area contributed by atoms with Crippen LogP contribution in [0.1, 0.15) is 40.5 Å². The second kappa shape index (κ2) is 7.11. The van der Waals surface area contributed by atoms with E-state index in [2.05, 4.69) is 10.3 Å². The molecule has 8 heteroatoms. The lowest BCUT2D eigenvalue weighted by Crippen LogP contribution is -2.47. The largest absolute Gasteiger partial charge is 0.366 e. The van der Waals surface area contributed by atoms with Gasteiger partial charge in [0.05, 0.1) is 23.5 Å². The average Bonchev–Trinajstić information content (AvgIpc) is 3.32.